The number of H-pyrrole nitrogens is 1. The molecular weight excluding hydrogens is 426 g/mol. The minimum absolute atomic E-state index is 0.0209. The summed E-state index contributed by atoms with van der Waals surface area (Å²) in [5.74, 6) is -0.0231. The van der Waals surface area contributed by atoms with Crippen molar-refractivity contribution in [2.24, 2.45) is 0 Å². The van der Waals surface area contributed by atoms with Gasteiger partial charge in [-0.05, 0) is 23.6 Å². The number of hydrogen-bond acceptors (Lipinski definition) is 4. The van der Waals surface area contributed by atoms with Gasteiger partial charge in [-0.3, -0.25) is 4.79 Å². The fourth-order valence-corrected chi connectivity index (χ4v) is 3.94. The summed E-state index contributed by atoms with van der Waals surface area (Å²) < 4.78 is 4.86. The van der Waals surface area contributed by atoms with Crippen LogP contribution >= 0.6 is 11.6 Å². The number of carbonyl (C=O) groups is 2. The van der Waals surface area contributed by atoms with Crippen LogP contribution in [0.4, 0.5) is 0 Å². The van der Waals surface area contributed by atoms with E-state index < -0.39 is 12.0 Å². The molecule has 2 atom stereocenters. The van der Waals surface area contributed by atoms with Gasteiger partial charge in [-0.15, -0.1) is 0 Å². The first-order valence-electron chi connectivity index (χ1n) is 10.7. The number of esters is 1. The zero-order valence-corrected chi connectivity index (χ0v) is 19.1. The predicted octanol–water partition coefficient (Wildman–Crippen LogP) is 4.96. The molecule has 1 aromatic heterocycles. The molecule has 1 unspecified atom stereocenters. The number of aromatic nitrogens is 2. The molecule has 7 heteroatoms. The van der Waals surface area contributed by atoms with Gasteiger partial charge in [-0.2, -0.15) is 0 Å². The zero-order valence-electron chi connectivity index (χ0n) is 18.3. The molecule has 0 aliphatic rings. The summed E-state index contributed by atoms with van der Waals surface area (Å²) in [4.78, 5) is 32.7. The van der Waals surface area contributed by atoms with E-state index in [1.807, 2.05) is 42.5 Å². The number of nitrogens with zero attached hydrogens (tertiary/aromatic N) is 1. The Bertz CT molecular complexity index is 1040. The predicted molar refractivity (Wildman–Crippen MR) is 124 cm³/mol. The van der Waals surface area contributed by atoms with Gasteiger partial charge < -0.3 is 15.0 Å². The number of unbranched alkanes of at least 4 members (excludes halogenated alkanes) is 1. The number of halogens is 1. The van der Waals surface area contributed by atoms with Crippen LogP contribution in [0.25, 0.3) is 0 Å². The fraction of sp³-hybridized carbons (Fsp3) is 0.320. The number of nitrogens with one attached hydrogen (secondary N) is 2. The Balaban J connectivity index is 1.74. The Kier molecular flexibility index (Phi) is 8.45. The minimum Gasteiger partial charge on any atom is -0.467 e. The highest BCUT2D eigenvalue weighted by atomic mass is 35.5. The second kappa shape index (κ2) is 11.5. The van der Waals surface area contributed by atoms with Crippen molar-refractivity contribution in [1.29, 1.82) is 0 Å². The molecule has 0 aliphatic heterocycles. The number of amides is 1. The minimum atomic E-state index is -0.864. The third-order valence-electron chi connectivity index (χ3n) is 5.33. The van der Waals surface area contributed by atoms with E-state index >= 15 is 0 Å². The van der Waals surface area contributed by atoms with Crippen LogP contribution < -0.4 is 5.32 Å². The lowest BCUT2D eigenvalue weighted by Crippen LogP contribution is -2.35. The molecule has 3 aromatic rings. The van der Waals surface area contributed by atoms with Crippen LogP contribution in [0.5, 0.6) is 0 Å². The molecule has 1 amide bonds. The van der Waals surface area contributed by atoms with E-state index in [-0.39, 0.29) is 18.2 Å². The second-order valence-electron chi connectivity index (χ2n) is 7.62. The highest BCUT2D eigenvalue weighted by Crippen LogP contribution is 2.32. The number of hydrogen-bond donors (Lipinski definition) is 2. The van der Waals surface area contributed by atoms with Crippen LogP contribution in [0.3, 0.4) is 0 Å². The number of ether oxygens (including phenoxy) is 1. The largest absolute Gasteiger partial charge is 0.467 e. The first-order chi connectivity index (χ1) is 15.5. The van der Waals surface area contributed by atoms with Gasteiger partial charge in [-0.25, -0.2) is 9.78 Å². The molecule has 0 bridgehead atoms. The van der Waals surface area contributed by atoms with Crippen molar-refractivity contribution in [1.82, 2.24) is 15.3 Å². The first kappa shape index (κ1) is 23.5. The average Bonchev–Trinajstić information content (AvgIpc) is 3.27. The number of rotatable bonds is 10. The van der Waals surface area contributed by atoms with Crippen molar-refractivity contribution >= 4 is 23.5 Å². The lowest BCUT2D eigenvalue weighted by Gasteiger charge is -2.17. The van der Waals surface area contributed by atoms with Crippen molar-refractivity contribution in [2.45, 2.75) is 44.6 Å². The van der Waals surface area contributed by atoms with E-state index in [9.17, 15) is 9.59 Å². The van der Waals surface area contributed by atoms with E-state index in [1.165, 1.54) is 7.11 Å². The van der Waals surface area contributed by atoms with Gasteiger partial charge >= 0.3 is 5.97 Å². The third-order valence-corrected chi connectivity index (χ3v) is 5.68. The normalized spacial score (nSPS) is 12.7. The molecule has 1 heterocycles. The van der Waals surface area contributed by atoms with E-state index in [1.54, 1.807) is 18.3 Å². The van der Waals surface area contributed by atoms with Crippen molar-refractivity contribution < 1.29 is 14.3 Å². The molecule has 0 fully saturated rings. The van der Waals surface area contributed by atoms with Crippen LogP contribution in [0, 0.1) is 0 Å². The molecule has 32 heavy (non-hydrogen) atoms. The summed E-state index contributed by atoms with van der Waals surface area (Å²) >= 11 is 6.45. The number of benzene rings is 2. The molecule has 2 N–H and O–H groups in total. The van der Waals surface area contributed by atoms with Crippen molar-refractivity contribution in [3.8, 4) is 0 Å². The monoisotopic (exact) mass is 453 g/mol. The number of carbonyl (C=O) groups excluding carboxylic acids is 2. The van der Waals surface area contributed by atoms with E-state index in [2.05, 4.69) is 22.2 Å². The highest BCUT2D eigenvalue weighted by molar-refractivity contribution is 6.31. The Morgan fingerprint density at radius 2 is 1.84 bits per heavy atom. The van der Waals surface area contributed by atoms with Crippen molar-refractivity contribution in [3.63, 3.8) is 0 Å². The van der Waals surface area contributed by atoms with Gasteiger partial charge in [0.15, 0.2) is 6.04 Å². The topological polar surface area (TPSA) is 84.1 Å². The summed E-state index contributed by atoms with van der Waals surface area (Å²) in [6.07, 6.45) is 4.73. The van der Waals surface area contributed by atoms with Crippen molar-refractivity contribution in [3.05, 3.63) is 88.5 Å². The molecule has 6 nitrogen and oxygen atoms in total. The Morgan fingerprint density at radius 1 is 1.12 bits per heavy atom. The smallest absolute Gasteiger partial charge is 0.333 e. The average molecular weight is 454 g/mol. The van der Waals surface area contributed by atoms with Crippen LogP contribution in [-0.4, -0.2) is 29.0 Å². The number of aromatic amines is 1. The number of methoxy groups -OCH3 is 1. The quantitative estimate of drug-likeness (QED) is 0.425. The van der Waals surface area contributed by atoms with Gasteiger partial charge in [0.1, 0.15) is 5.82 Å². The molecule has 2 aromatic carbocycles. The summed E-state index contributed by atoms with van der Waals surface area (Å²) in [6, 6.07) is 15.9. The molecule has 0 spiro atoms. The second-order valence-corrected chi connectivity index (χ2v) is 8.03. The Morgan fingerprint density at radius 3 is 2.53 bits per heavy atom. The van der Waals surface area contributed by atoms with Gasteiger partial charge in [0, 0.05) is 22.8 Å². The van der Waals surface area contributed by atoms with E-state index in [0.29, 0.717) is 16.3 Å². The van der Waals surface area contributed by atoms with Gasteiger partial charge in [0.05, 0.1) is 13.5 Å². The summed E-state index contributed by atoms with van der Waals surface area (Å²) in [7, 11) is 1.30. The SMILES string of the molecule is CCCCC(c1ncc(CC(=O)N[C@H](C(=O)OC)c2ccccc2)[nH]1)c1ccccc1Cl. The van der Waals surface area contributed by atoms with E-state index in [0.717, 1.165) is 30.7 Å². The van der Waals surface area contributed by atoms with Crippen LogP contribution in [0.15, 0.2) is 60.8 Å². The molecule has 3 rings (SSSR count). The van der Waals surface area contributed by atoms with Gasteiger partial charge in [0.25, 0.3) is 0 Å². The maximum Gasteiger partial charge on any atom is 0.333 e. The molecule has 0 saturated carbocycles. The lowest BCUT2D eigenvalue weighted by atomic mass is 9.93. The fourth-order valence-electron chi connectivity index (χ4n) is 3.68. The summed E-state index contributed by atoms with van der Waals surface area (Å²) in [5.41, 5.74) is 2.35. The van der Waals surface area contributed by atoms with Crippen molar-refractivity contribution in [2.75, 3.05) is 7.11 Å². The molecular formula is C25H28ClN3O3. The maximum absolute atomic E-state index is 12.7. The highest BCUT2D eigenvalue weighted by Gasteiger charge is 2.24. The number of imidazole rings is 1. The Labute approximate surface area is 193 Å². The molecule has 0 aliphatic carbocycles. The van der Waals surface area contributed by atoms with Crippen LogP contribution in [0.1, 0.15) is 60.8 Å². The maximum atomic E-state index is 12.7. The molecule has 0 radical (unpaired) electrons. The third kappa shape index (κ3) is 5.98. The van der Waals surface area contributed by atoms with Gasteiger partial charge in [0.2, 0.25) is 5.91 Å². The summed E-state index contributed by atoms with van der Waals surface area (Å²) in [5, 5.41) is 3.47. The lowest BCUT2D eigenvalue weighted by molar-refractivity contribution is -0.145. The molecule has 168 valence electrons. The van der Waals surface area contributed by atoms with Gasteiger partial charge in [-0.1, -0.05) is 79.9 Å². The Hall–Kier alpha value is -3.12. The van der Waals surface area contributed by atoms with Crippen LogP contribution in [-0.2, 0) is 20.7 Å². The van der Waals surface area contributed by atoms with Crippen LogP contribution in [0.2, 0.25) is 5.02 Å². The standard InChI is InChI=1S/C25H28ClN3O3/c1-3-4-12-20(19-13-8-9-14-21(19)26)24-27-16-18(28-24)15-22(30)29-23(25(31)32-2)17-10-6-5-7-11-17/h5-11,13-14,16,20,23H,3-4,12,15H2,1-2H3,(H,27,28)(H,29,30)/t20?,23-/m0/s1. The first-order valence-corrected chi connectivity index (χ1v) is 11.1. The van der Waals surface area contributed by atoms with E-state index in [4.69, 9.17) is 16.3 Å². The molecule has 0 saturated heterocycles. The zero-order chi connectivity index (χ0) is 22.9. The summed E-state index contributed by atoms with van der Waals surface area (Å²) in [6.45, 7) is 2.14.